The molecule has 5 heteroatoms. The van der Waals surface area contributed by atoms with E-state index in [0.29, 0.717) is 12.3 Å². The average molecular weight is 334 g/mol. The fourth-order valence-electron chi connectivity index (χ4n) is 2.16. The first-order valence-corrected chi connectivity index (χ1v) is 7.26. The van der Waals surface area contributed by atoms with Gasteiger partial charge in [0.1, 0.15) is 5.75 Å². The van der Waals surface area contributed by atoms with Crippen LogP contribution in [0.4, 0.5) is 4.79 Å². The summed E-state index contributed by atoms with van der Waals surface area (Å²) < 4.78 is 5.42. The number of para-hydroxylation sites is 1. The summed E-state index contributed by atoms with van der Waals surface area (Å²) in [7, 11) is 5.40. The van der Waals surface area contributed by atoms with Gasteiger partial charge in [-0.3, -0.25) is 4.90 Å². The van der Waals surface area contributed by atoms with E-state index < -0.39 is 0 Å². The van der Waals surface area contributed by atoms with E-state index in [-0.39, 0.29) is 18.5 Å². The molecule has 1 amide bonds. The van der Waals surface area contributed by atoms with Gasteiger partial charge in [0.15, 0.2) is 0 Å². The molecule has 0 N–H and O–H groups in total. The molecule has 0 atom stereocenters. The molecular formula is C18H22ClN2O2-. The minimum Gasteiger partial charge on any atom is -1.00 e. The number of carbonyl (C=O) groups excluding carboxylic acids is 1. The van der Waals surface area contributed by atoms with Crippen LogP contribution in [0.5, 0.6) is 5.75 Å². The highest BCUT2D eigenvalue weighted by Crippen LogP contribution is 2.20. The molecular weight excluding hydrogens is 312 g/mol. The van der Waals surface area contributed by atoms with Gasteiger partial charge in [-0.2, -0.15) is 0 Å². The smallest absolute Gasteiger partial charge is 0.414 e. The van der Waals surface area contributed by atoms with Crippen LogP contribution in [0.25, 0.3) is 0 Å². The van der Waals surface area contributed by atoms with Crippen molar-refractivity contribution in [2.24, 2.45) is 0 Å². The van der Waals surface area contributed by atoms with Gasteiger partial charge in [0.05, 0.1) is 0 Å². The molecule has 2 aromatic rings. The number of ether oxygens (including phenoxy) is 1. The lowest BCUT2D eigenvalue weighted by atomic mass is 10.1. The average Bonchev–Trinajstić information content (AvgIpc) is 2.50. The molecule has 0 aromatic heterocycles. The van der Waals surface area contributed by atoms with Gasteiger partial charge < -0.3 is 22.0 Å². The molecule has 0 radical (unpaired) electrons. The van der Waals surface area contributed by atoms with Gasteiger partial charge in [0, 0.05) is 32.7 Å². The van der Waals surface area contributed by atoms with Crippen molar-refractivity contribution in [1.82, 2.24) is 9.80 Å². The summed E-state index contributed by atoms with van der Waals surface area (Å²) in [6.07, 6.45) is -0.363. The Bertz CT molecular complexity index is 617. The predicted octanol–water partition coefficient (Wildman–Crippen LogP) is 0.383. The number of halogens is 1. The summed E-state index contributed by atoms with van der Waals surface area (Å²) in [5.41, 5.74) is 2.25. The number of hydrogen-bond donors (Lipinski definition) is 0. The van der Waals surface area contributed by atoms with Gasteiger partial charge in [0.25, 0.3) is 0 Å². The normalized spacial score (nSPS) is 10.1. The molecule has 0 spiro atoms. The molecule has 0 aliphatic heterocycles. The Morgan fingerprint density at radius 3 is 2.17 bits per heavy atom. The largest absolute Gasteiger partial charge is 1.00 e. The molecule has 2 aromatic carbocycles. The number of benzene rings is 2. The van der Waals surface area contributed by atoms with Crippen molar-refractivity contribution in [2.45, 2.75) is 13.1 Å². The first-order chi connectivity index (χ1) is 10.6. The van der Waals surface area contributed by atoms with Crippen molar-refractivity contribution in [1.29, 1.82) is 0 Å². The van der Waals surface area contributed by atoms with Crippen LogP contribution in [-0.4, -0.2) is 37.0 Å². The number of hydrogen-bond acceptors (Lipinski definition) is 3. The highest BCUT2D eigenvalue weighted by molar-refractivity contribution is 5.70. The van der Waals surface area contributed by atoms with Crippen molar-refractivity contribution in [3.63, 3.8) is 0 Å². The summed E-state index contributed by atoms with van der Waals surface area (Å²) in [5, 5.41) is 0. The summed E-state index contributed by atoms with van der Waals surface area (Å²) in [4.78, 5) is 15.3. The maximum absolute atomic E-state index is 11.7. The van der Waals surface area contributed by atoms with Gasteiger partial charge in [-0.15, -0.1) is 0 Å². The van der Waals surface area contributed by atoms with Crippen molar-refractivity contribution in [3.8, 4) is 5.75 Å². The van der Waals surface area contributed by atoms with E-state index in [1.807, 2.05) is 42.5 Å². The molecule has 0 heterocycles. The van der Waals surface area contributed by atoms with Crippen LogP contribution in [-0.2, 0) is 13.1 Å². The molecule has 0 saturated heterocycles. The lowest BCUT2D eigenvalue weighted by Crippen LogP contribution is -3.00. The third kappa shape index (κ3) is 5.93. The van der Waals surface area contributed by atoms with Gasteiger partial charge in [-0.25, -0.2) is 4.79 Å². The van der Waals surface area contributed by atoms with Crippen molar-refractivity contribution >= 4 is 6.09 Å². The minimum atomic E-state index is -0.363. The third-order valence-corrected chi connectivity index (χ3v) is 3.27. The standard InChI is InChI=1S/C18H22N2O2.ClH/c1-19(2)18(21)22-17-12-8-7-11-16(17)14-20(3)13-15-9-5-4-6-10-15;/h4-12H,13-14H2,1-3H3;1H/p-1. The van der Waals surface area contributed by atoms with E-state index in [4.69, 9.17) is 4.74 Å². The lowest BCUT2D eigenvalue weighted by molar-refractivity contribution is -0.00000961. The second kappa shape index (κ2) is 9.18. The number of rotatable bonds is 5. The van der Waals surface area contributed by atoms with E-state index in [9.17, 15) is 4.79 Å². The molecule has 0 bridgehead atoms. The van der Waals surface area contributed by atoms with E-state index in [0.717, 1.165) is 12.1 Å². The maximum Gasteiger partial charge on any atom is 0.414 e. The second-order valence-electron chi connectivity index (χ2n) is 5.53. The first kappa shape index (κ1) is 19.0. The zero-order chi connectivity index (χ0) is 15.9. The molecule has 0 aliphatic carbocycles. The van der Waals surface area contributed by atoms with Crippen LogP contribution in [0.3, 0.4) is 0 Å². The van der Waals surface area contributed by atoms with Crippen LogP contribution in [0, 0.1) is 0 Å². The molecule has 0 aliphatic rings. The number of carbonyl (C=O) groups is 1. The minimum absolute atomic E-state index is 0. The summed E-state index contributed by atoms with van der Waals surface area (Å²) >= 11 is 0. The molecule has 4 nitrogen and oxygen atoms in total. The van der Waals surface area contributed by atoms with E-state index in [1.165, 1.54) is 10.5 Å². The Balaban J connectivity index is 0.00000264. The summed E-state index contributed by atoms with van der Waals surface area (Å²) in [6, 6.07) is 17.9. The predicted molar refractivity (Wildman–Crippen MR) is 87.8 cm³/mol. The van der Waals surface area contributed by atoms with E-state index in [2.05, 4.69) is 24.1 Å². The SMILES string of the molecule is CN(Cc1ccccc1)Cc1ccccc1OC(=O)N(C)C.[Cl-]. The van der Waals surface area contributed by atoms with Crippen molar-refractivity contribution < 1.29 is 21.9 Å². The van der Waals surface area contributed by atoms with Gasteiger partial charge >= 0.3 is 6.09 Å². The molecule has 124 valence electrons. The Kier molecular flexibility index (Phi) is 7.59. The fourth-order valence-corrected chi connectivity index (χ4v) is 2.16. The zero-order valence-corrected chi connectivity index (χ0v) is 14.5. The van der Waals surface area contributed by atoms with Gasteiger partial charge in [-0.05, 0) is 18.7 Å². The molecule has 0 unspecified atom stereocenters. The van der Waals surface area contributed by atoms with Crippen LogP contribution < -0.4 is 17.1 Å². The Labute approximate surface area is 144 Å². The summed E-state index contributed by atoms with van der Waals surface area (Å²) in [6.45, 7) is 1.56. The molecule has 23 heavy (non-hydrogen) atoms. The Morgan fingerprint density at radius 2 is 1.52 bits per heavy atom. The van der Waals surface area contributed by atoms with Crippen LogP contribution in [0.2, 0.25) is 0 Å². The van der Waals surface area contributed by atoms with Crippen molar-refractivity contribution in [2.75, 3.05) is 21.1 Å². The zero-order valence-electron chi connectivity index (χ0n) is 13.7. The number of amides is 1. The Morgan fingerprint density at radius 1 is 0.913 bits per heavy atom. The van der Waals surface area contributed by atoms with Crippen molar-refractivity contribution in [3.05, 3.63) is 65.7 Å². The Hall–Kier alpha value is -2.04. The highest BCUT2D eigenvalue weighted by atomic mass is 35.5. The maximum atomic E-state index is 11.7. The third-order valence-electron chi connectivity index (χ3n) is 3.27. The molecule has 0 fully saturated rings. The fraction of sp³-hybridized carbons (Fsp3) is 0.278. The van der Waals surface area contributed by atoms with E-state index >= 15 is 0 Å². The van der Waals surface area contributed by atoms with Gasteiger partial charge in [-0.1, -0.05) is 48.5 Å². The summed E-state index contributed by atoms with van der Waals surface area (Å²) in [5.74, 6) is 0.612. The van der Waals surface area contributed by atoms with Gasteiger partial charge in [0.2, 0.25) is 0 Å². The first-order valence-electron chi connectivity index (χ1n) is 7.26. The van der Waals surface area contributed by atoms with E-state index in [1.54, 1.807) is 14.1 Å². The lowest BCUT2D eigenvalue weighted by Gasteiger charge is -2.19. The van der Waals surface area contributed by atoms with Crippen LogP contribution >= 0.6 is 0 Å². The second-order valence-corrected chi connectivity index (χ2v) is 5.53. The monoisotopic (exact) mass is 333 g/mol. The van der Waals surface area contributed by atoms with Crippen LogP contribution in [0.1, 0.15) is 11.1 Å². The molecule has 0 saturated carbocycles. The number of nitrogens with zero attached hydrogens (tertiary/aromatic N) is 2. The highest BCUT2D eigenvalue weighted by Gasteiger charge is 2.12. The quantitative estimate of drug-likeness (QED) is 0.793. The van der Waals surface area contributed by atoms with Crippen LogP contribution in [0.15, 0.2) is 54.6 Å². The topological polar surface area (TPSA) is 32.8 Å². The molecule has 2 rings (SSSR count).